The van der Waals surface area contributed by atoms with Gasteiger partial charge in [-0.05, 0) is 37.5 Å². The first-order valence-corrected chi connectivity index (χ1v) is 6.58. The molecule has 0 unspecified atom stereocenters. The Balaban J connectivity index is 1.53. The highest BCUT2D eigenvalue weighted by molar-refractivity contribution is 5.85. The van der Waals surface area contributed by atoms with Crippen molar-refractivity contribution in [2.24, 2.45) is 17.8 Å². The molecule has 3 aliphatic rings. The lowest BCUT2D eigenvalue weighted by Crippen LogP contribution is -2.28. The Morgan fingerprint density at radius 3 is 2.13 bits per heavy atom. The first-order valence-electron chi connectivity index (χ1n) is 6.58. The van der Waals surface area contributed by atoms with Crippen LogP contribution in [0.4, 0.5) is 0 Å². The molecule has 84 valence electrons. The van der Waals surface area contributed by atoms with E-state index in [1.165, 1.54) is 51.6 Å². The van der Waals surface area contributed by atoms with Crippen LogP contribution in [0.25, 0.3) is 0 Å². The molecule has 2 aliphatic carbocycles. The molecule has 0 bridgehead atoms. The SMILES string of the molecule is O=C(CN1C[C@H]2CCCC[C@H]2C1)C1CC1. The molecule has 2 nitrogen and oxygen atoms in total. The van der Waals surface area contributed by atoms with E-state index in [0.717, 1.165) is 18.4 Å². The molecule has 15 heavy (non-hydrogen) atoms. The molecule has 0 aromatic carbocycles. The minimum atomic E-state index is 0.452. The van der Waals surface area contributed by atoms with Gasteiger partial charge in [0, 0.05) is 19.0 Å². The number of ketones is 1. The van der Waals surface area contributed by atoms with Crippen LogP contribution in [0, 0.1) is 17.8 Å². The van der Waals surface area contributed by atoms with Crippen LogP contribution in [0.15, 0.2) is 0 Å². The van der Waals surface area contributed by atoms with E-state index < -0.39 is 0 Å². The van der Waals surface area contributed by atoms with Crippen molar-refractivity contribution in [3.8, 4) is 0 Å². The van der Waals surface area contributed by atoms with E-state index in [0.29, 0.717) is 11.7 Å². The molecule has 2 heteroatoms. The standard InChI is InChI=1S/C13H21NO/c15-13(10-5-6-10)9-14-7-11-3-1-2-4-12(11)8-14/h10-12H,1-9H2/t11-,12+. The van der Waals surface area contributed by atoms with Gasteiger partial charge in [0.1, 0.15) is 5.78 Å². The van der Waals surface area contributed by atoms with Crippen molar-refractivity contribution >= 4 is 5.78 Å². The van der Waals surface area contributed by atoms with Gasteiger partial charge in [-0.3, -0.25) is 9.69 Å². The highest BCUT2D eigenvalue weighted by Gasteiger charge is 2.37. The summed E-state index contributed by atoms with van der Waals surface area (Å²) in [5.74, 6) is 2.82. The Labute approximate surface area is 92.0 Å². The number of hydrogen-bond donors (Lipinski definition) is 0. The Bertz CT molecular complexity index is 245. The fraction of sp³-hybridized carbons (Fsp3) is 0.923. The van der Waals surface area contributed by atoms with Crippen LogP contribution in [0.2, 0.25) is 0 Å². The predicted octanol–water partition coefficient (Wildman–Crippen LogP) is 2.09. The maximum absolute atomic E-state index is 11.7. The molecule has 3 rings (SSSR count). The number of carbonyl (C=O) groups is 1. The van der Waals surface area contributed by atoms with Gasteiger partial charge >= 0.3 is 0 Å². The molecule has 0 radical (unpaired) electrons. The third kappa shape index (κ3) is 2.10. The van der Waals surface area contributed by atoms with Crippen molar-refractivity contribution < 1.29 is 4.79 Å². The van der Waals surface area contributed by atoms with Crippen molar-refractivity contribution in [2.75, 3.05) is 19.6 Å². The zero-order valence-corrected chi connectivity index (χ0v) is 9.45. The lowest BCUT2D eigenvalue weighted by atomic mass is 9.82. The summed E-state index contributed by atoms with van der Waals surface area (Å²) in [4.78, 5) is 14.2. The lowest BCUT2D eigenvalue weighted by Gasteiger charge is -2.23. The molecule has 2 saturated carbocycles. The molecule has 0 spiro atoms. The summed E-state index contributed by atoms with van der Waals surface area (Å²) in [6.07, 6.45) is 8.01. The average Bonchev–Trinajstić information content (AvgIpc) is 2.99. The van der Waals surface area contributed by atoms with E-state index in [9.17, 15) is 4.79 Å². The number of Topliss-reactive ketones (excluding diaryl/α,β-unsaturated/α-hetero) is 1. The van der Waals surface area contributed by atoms with Gasteiger partial charge in [-0.25, -0.2) is 0 Å². The van der Waals surface area contributed by atoms with Crippen LogP contribution in [0.5, 0.6) is 0 Å². The first kappa shape index (κ1) is 9.83. The molecular weight excluding hydrogens is 186 g/mol. The maximum atomic E-state index is 11.7. The largest absolute Gasteiger partial charge is 0.298 e. The van der Waals surface area contributed by atoms with Gasteiger partial charge in [0.05, 0.1) is 6.54 Å². The van der Waals surface area contributed by atoms with E-state index >= 15 is 0 Å². The monoisotopic (exact) mass is 207 g/mol. The fourth-order valence-corrected chi connectivity index (χ4v) is 3.39. The van der Waals surface area contributed by atoms with Gasteiger partial charge in [0.2, 0.25) is 0 Å². The second kappa shape index (κ2) is 3.89. The van der Waals surface area contributed by atoms with Crippen molar-refractivity contribution in [3.05, 3.63) is 0 Å². The topological polar surface area (TPSA) is 20.3 Å². The van der Waals surface area contributed by atoms with Crippen LogP contribution in [0.3, 0.4) is 0 Å². The van der Waals surface area contributed by atoms with Gasteiger partial charge in [-0.2, -0.15) is 0 Å². The number of nitrogens with zero attached hydrogens (tertiary/aromatic N) is 1. The minimum absolute atomic E-state index is 0.452. The normalized spacial score (nSPS) is 36.5. The van der Waals surface area contributed by atoms with Crippen molar-refractivity contribution in [1.29, 1.82) is 0 Å². The minimum Gasteiger partial charge on any atom is -0.298 e. The third-order valence-electron chi connectivity index (χ3n) is 4.46. The molecule has 1 heterocycles. The lowest BCUT2D eigenvalue weighted by molar-refractivity contribution is -0.121. The fourth-order valence-electron chi connectivity index (χ4n) is 3.39. The summed E-state index contributed by atoms with van der Waals surface area (Å²) in [6.45, 7) is 3.18. The molecule has 1 saturated heterocycles. The molecule has 0 aromatic heterocycles. The molecule has 0 aromatic rings. The van der Waals surface area contributed by atoms with Gasteiger partial charge in [0.15, 0.2) is 0 Å². The van der Waals surface area contributed by atoms with E-state index in [2.05, 4.69) is 4.90 Å². The molecule has 2 atom stereocenters. The number of likely N-dealkylation sites (tertiary alicyclic amines) is 1. The quantitative estimate of drug-likeness (QED) is 0.706. The molecular formula is C13H21NO. The predicted molar refractivity (Wildman–Crippen MR) is 59.6 cm³/mol. The molecule has 1 aliphatic heterocycles. The number of fused-ring (bicyclic) bond motifs is 1. The summed E-state index contributed by atoms with van der Waals surface area (Å²) in [7, 11) is 0. The van der Waals surface area contributed by atoms with Crippen molar-refractivity contribution in [3.63, 3.8) is 0 Å². The summed E-state index contributed by atoms with van der Waals surface area (Å²) >= 11 is 0. The zero-order valence-electron chi connectivity index (χ0n) is 9.45. The molecule has 3 fully saturated rings. The number of rotatable bonds is 3. The second-order valence-corrected chi connectivity index (χ2v) is 5.74. The van der Waals surface area contributed by atoms with E-state index in [4.69, 9.17) is 0 Å². The third-order valence-corrected chi connectivity index (χ3v) is 4.46. The average molecular weight is 207 g/mol. The van der Waals surface area contributed by atoms with Gasteiger partial charge in [-0.1, -0.05) is 12.8 Å². The van der Waals surface area contributed by atoms with E-state index in [1.807, 2.05) is 0 Å². The highest BCUT2D eigenvalue weighted by Crippen LogP contribution is 2.37. The second-order valence-electron chi connectivity index (χ2n) is 5.74. The summed E-state index contributed by atoms with van der Waals surface area (Å²) < 4.78 is 0. The summed E-state index contributed by atoms with van der Waals surface area (Å²) in [5, 5.41) is 0. The van der Waals surface area contributed by atoms with E-state index in [1.54, 1.807) is 0 Å². The highest BCUT2D eigenvalue weighted by atomic mass is 16.1. The first-order chi connectivity index (χ1) is 7.33. The number of hydrogen-bond acceptors (Lipinski definition) is 2. The van der Waals surface area contributed by atoms with Gasteiger partial charge in [0.25, 0.3) is 0 Å². The van der Waals surface area contributed by atoms with Crippen LogP contribution in [-0.2, 0) is 4.79 Å². The van der Waals surface area contributed by atoms with Crippen molar-refractivity contribution in [2.45, 2.75) is 38.5 Å². The smallest absolute Gasteiger partial charge is 0.149 e. The van der Waals surface area contributed by atoms with Crippen LogP contribution < -0.4 is 0 Å². The Hall–Kier alpha value is -0.370. The summed E-state index contributed by atoms with van der Waals surface area (Å²) in [5.41, 5.74) is 0. The van der Waals surface area contributed by atoms with Crippen LogP contribution in [-0.4, -0.2) is 30.3 Å². The van der Waals surface area contributed by atoms with Crippen LogP contribution >= 0.6 is 0 Å². The summed E-state index contributed by atoms with van der Waals surface area (Å²) in [6, 6.07) is 0. The zero-order chi connectivity index (χ0) is 10.3. The van der Waals surface area contributed by atoms with Crippen molar-refractivity contribution in [1.82, 2.24) is 4.90 Å². The molecule has 0 amide bonds. The van der Waals surface area contributed by atoms with Gasteiger partial charge < -0.3 is 0 Å². The van der Waals surface area contributed by atoms with Gasteiger partial charge in [-0.15, -0.1) is 0 Å². The molecule has 0 N–H and O–H groups in total. The van der Waals surface area contributed by atoms with Crippen LogP contribution in [0.1, 0.15) is 38.5 Å². The maximum Gasteiger partial charge on any atom is 0.149 e. The Morgan fingerprint density at radius 2 is 1.60 bits per heavy atom. The number of carbonyl (C=O) groups excluding carboxylic acids is 1. The Kier molecular flexibility index (Phi) is 2.55. The van der Waals surface area contributed by atoms with E-state index in [-0.39, 0.29) is 0 Å². The Morgan fingerprint density at radius 1 is 1.00 bits per heavy atom.